The molecule has 3 heteroatoms. The van der Waals surface area contributed by atoms with Crippen LogP contribution in [0.4, 0.5) is 0 Å². The van der Waals surface area contributed by atoms with Crippen molar-refractivity contribution in [2.75, 3.05) is 6.54 Å². The Bertz CT molecular complexity index is 593. The summed E-state index contributed by atoms with van der Waals surface area (Å²) in [6.07, 6.45) is 0. The molecule has 114 valence electrons. The molecule has 2 rings (SSSR count). The quantitative estimate of drug-likeness (QED) is 0.761. The number of nitrogens with one attached hydrogen (secondary N) is 1. The summed E-state index contributed by atoms with van der Waals surface area (Å²) in [6.45, 7) is 11.8. The average molecular weight is 322 g/mol. The first kappa shape index (κ1) is 16.5. The van der Waals surface area contributed by atoms with Crippen molar-refractivity contribution in [2.24, 2.45) is 0 Å². The Morgan fingerprint density at radius 3 is 2.24 bits per heavy atom. The molecule has 2 aromatic rings. The van der Waals surface area contributed by atoms with Crippen LogP contribution < -0.4 is 5.32 Å². The van der Waals surface area contributed by atoms with Crippen molar-refractivity contribution >= 4 is 22.9 Å². The van der Waals surface area contributed by atoms with Gasteiger partial charge in [0.1, 0.15) is 0 Å². The fourth-order valence-electron chi connectivity index (χ4n) is 2.39. The van der Waals surface area contributed by atoms with E-state index in [1.807, 2.05) is 0 Å². The molecule has 0 aliphatic rings. The highest BCUT2D eigenvalue weighted by Crippen LogP contribution is 2.36. The van der Waals surface area contributed by atoms with Crippen LogP contribution in [-0.4, -0.2) is 6.54 Å². The molecule has 0 aliphatic carbocycles. The molecular formula is C18H24ClNS. The molecule has 0 bridgehead atoms. The van der Waals surface area contributed by atoms with E-state index in [1.165, 1.54) is 16.0 Å². The predicted octanol–water partition coefficient (Wildman–Crippen LogP) is 5.71. The van der Waals surface area contributed by atoms with Crippen molar-refractivity contribution in [1.82, 2.24) is 5.32 Å². The van der Waals surface area contributed by atoms with Crippen LogP contribution in [0.2, 0.25) is 5.02 Å². The van der Waals surface area contributed by atoms with Gasteiger partial charge in [-0.25, -0.2) is 0 Å². The number of halogens is 1. The molecular weight excluding hydrogens is 298 g/mol. The van der Waals surface area contributed by atoms with Crippen molar-refractivity contribution in [3.8, 4) is 0 Å². The second-order valence-corrected chi connectivity index (χ2v) is 7.75. The van der Waals surface area contributed by atoms with Gasteiger partial charge in [0, 0.05) is 4.88 Å². The normalized spacial score (nSPS) is 13.4. The van der Waals surface area contributed by atoms with Crippen molar-refractivity contribution in [2.45, 2.75) is 46.1 Å². The first-order valence-electron chi connectivity index (χ1n) is 7.42. The van der Waals surface area contributed by atoms with Crippen LogP contribution in [0.1, 0.15) is 55.3 Å². The Morgan fingerprint density at radius 2 is 1.81 bits per heavy atom. The van der Waals surface area contributed by atoms with Gasteiger partial charge in [-0.3, -0.25) is 0 Å². The number of aryl methyl sites for hydroxylation is 1. The van der Waals surface area contributed by atoms with E-state index in [1.54, 1.807) is 11.3 Å². The Hall–Kier alpha value is -0.830. The van der Waals surface area contributed by atoms with Gasteiger partial charge in [0.25, 0.3) is 0 Å². The monoisotopic (exact) mass is 321 g/mol. The molecule has 21 heavy (non-hydrogen) atoms. The molecule has 1 unspecified atom stereocenters. The molecule has 1 heterocycles. The Labute approximate surface area is 137 Å². The van der Waals surface area contributed by atoms with Crippen LogP contribution >= 0.6 is 22.9 Å². The Morgan fingerprint density at radius 1 is 1.19 bits per heavy atom. The lowest BCUT2D eigenvalue weighted by Gasteiger charge is -2.22. The zero-order valence-corrected chi connectivity index (χ0v) is 15.0. The van der Waals surface area contributed by atoms with Crippen molar-refractivity contribution in [3.05, 3.63) is 56.2 Å². The fraction of sp³-hybridized carbons (Fsp3) is 0.444. The van der Waals surface area contributed by atoms with Crippen LogP contribution in [0.25, 0.3) is 0 Å². The SMILES string of the molecule is CCNC(c1ccc(C(C)(C)C)cc1)c1scc(C)c1Cl. The van der Waals surface area contributed by atoms with Gasteiger partial charge < -0.3 is 5.32 Å². The minimum absolute atomic E-state index is 0.176. The highest BCUT2D eigenvalue weighted by molar-refractivity contribution is 7.10. The van der Waals surface area contributed by atoms with E-state index in [9.17, 15) is 0 Å². The molecule has 1 N–H and O–H groups in total. The molecule has 1 nitrogen and oxygen atoms in total. The van der Waals surface area contributed by atoms with E-state index >= 15 is 0 Å². The van der Waals surface area contributed by atoms with E-state index < -0.39 is 0 Å². The van der Waals surface area contributed by atoms with E-state index in [0.29, 0.717) is 0 Å². The van der Waals surface area contributed by atoms with Gasteiger partial charge in [0.2, 0.25) is 0 Å². The van der Waals surface area contributed by atoms with Crippen LogP contribution in [0.3, 0.4) is 0 Å². The van der Waals surface area contributed by atoms with Gasteiger partial charge in [-0.05, 0) is 41.0 Å². The minimum atomic E-state index is 0.176. The molecule has 0 fully saturated rings. The molecule has 0 spiro atoms. The highest BCUT2D eigenvalue weighted by atomic mass is 35.5. The van der Waals surface area contributed by atoms with Crippen molar-refractivity contribution in [3.63, 3.8) is 0 Å². The second kappa shape index (κ2) is 6.51. The van der Waals surface area contributed by atoms with Crippen LogP contribution in [-0.2, 0) is 5.41 Å². The summed E-state index contributed by atoms with van der Waals surface area (Å²) in [5, 5.41) is 6.58. The molecule has 1 aromatic carbocycles. The molecule has 0 amide bonds. The molecule has 0 radical (unpaired) electrons. The first-order chi connectivity index (χ1) is 9.84. The van der Waals surface area contributed by atoms with E-state index in [-0.39, 0.29) is 11.5 Å². The van der Waals surface area contributed by atoms with Gasteiger partial charge in [-0.15, -0.1) is 11.3 Å². The second-order valence-electron chi connectivity index (χ2n) is 6.46. The molecule has 1 atom stereocenters. The molecule has 0 aliphatic heterocycles. The summed E-state index contributed by atoms with van der Waals surface area (Å²) in [6, 6.07) is 9.08. The molecule has 0 saturated heterocycles. The third-order valence-corrected chi connectivity index (χ3v) is 5.48. The van der Waals surface area contributed by atoms with Gasteiger partial charge in [-0.2, -0.15) is 0 Å². The average Bonchev–Trinajstić information content (AvgIpc) is 2.76. The lowest BCUT2D eigenvalue weighted by molar-refractivity contribution is 0.588. The maximum atomic E-state index is 6.46. The standard InChI is InChI=1S/C18H24ClNS/c1-6-20-16(17-15(19)12(2)11-21-17)13-7-9-14(10-8-13)18(3,4)5/h7-11,16,20H,6H2,1-5H3. The van der Waals surface area contributed by atoms with Crippen molar-refractivity contribution in [1.29, 1.82) is 0 Å². The summed E-state index contributed by atoms with van der Waals surface area (Å²) in [5.41, 5.74) is 3.97. The topological polar surface area (TPSA) is 12.0 Å². The first-order valence-corrected chi connectivity index (χ1v) is 8.67. The van der Waals surface area contributed by atoms with E-state index in [0.717, 1.165) is 17.1 Å². The summed E-state index contributed by atoms with van der Waals surface area (Å²) >= 11 is 8.20. The summed E-state index contributed by atoms with van der Waals surface area (Å²) in [5.74, 6) is 0. The summed E-state index contributed by atoms with van der Waals surface area (Å²) < 4.78 is 0. The van der Waals surface area contributed by atoms with Gasteiger partial charge >= 0.3 is 0 Å². The van der Waals surface area contributed by atoms with Gasteiger partial charge in [-0.1, -0.05) is 63.6 Å². The smallest absolute Gasteiger partial charge is 0.0686 e. The van der Waals surface area contributed by atoms with E-state index in [4.69, 9.17) is 11.6 Å². The molecule has 1 aromatic heterocycles. The number of rotatable bonds is 4. The minimum Gasteiger partial charge on any atom is -0.306 e. The molecule has 0 saturated carbocycles. The van der Waals surface area contributed by atoms with Crippen LogP contribution in [0.15, 0.2) is 29.6 Å². The van der Waals surface area contributed by atoms with Crippen LogP contribution in [0, 0.1) is 6.92 Å². The summed E-state index contributed by atoms with van der Waals surface area (Å²) in [7, 11) is 0. The number of hydrogen-bond acceptors (Lipinski definition) is 2. The number of thiophene rings is 1. The maximum Gasteiger partial charge on any atom is 0.0686 e. The Balaban J connectivity index is 2.37. The third-order valence-electron chi connectivity index (χ3n) is 3.71. The zero-order valence-electron chi connectivity index (χ0n) is 13.5. The highest BCUT2D eigenvalue weighted by Gasteiger charge is 2.20. The Kier molecular flexibility index (Phi) is 5.13. The lowest BCUT2D eigenvalue weighted by Crippen LogP contribution is -2.21. The third kappa shape index (κ3) is 3.68. The van der Waals surface area contributed by atoms with E-state index in [2.05, 4.69) is 69.6 Å². The van der Waals surface area contributed by atoms with Crippen LogP contribution in [0.5, 0.6) is 0 Å². The number of hydrogen-bond donors (Lipinski definition) is 1. The number of benzene rings is 1. The predicted molar refractivity (Wildman–Crippen MR) is 94.7 cm³/mol. The van der Waals surface area contributed by atoms with Crippen molar-refractivity contribution < 1.29 is 0 Å². The maximum absolute atomic E-state index is 6.46. The van der Waals surface area contributed by atoms with Gasteiger partial charge in [0.05, 0.1) is 11.1 Å². The summed E-state index contributed by atoms with van der Waals surface area (Å²) in [4.78, 5) is 1.21. The largest absolute Gasteiger partial charge is 0.306 e. The zero-order chi connectivity index (χ0) is 15.6. The lowest BCUT2D eigenvalue weighted by atomic mass is 9.86. The van der Waals surface area contributed by atoms with Gasteiger partial charge in [0.15, 0.2) is 0 Å². The fourth-order valence-corrected chi connectivity index (χ4v) is 3.79.